The maximum absolute atomic E-state index is 13.7. The Labute approximate surface area is 103 Å². The molecule has 0 spiro atoms. The highest BCUT2D eigenvalue weighted by atomic mass is 19.1. The fourth-order valence-corrected chi connectivity index (χ4v) is 1.83. The summed E-state index contributed by atoms with van der Waals surface area (Å²) in [4.78, 5) is 11.3. The molecule has 0 saturated carbocycles. The number of methoxy groups -OCH3 is 1. The number of rotatable bonds is 3. The third-order valence-electron chi connectivity index (χ3n) is 2.62. The van der Waals surface area contributed by atoms with E-state index in [-0.39, 0.29) is 16.9 Å². The quantitative estimate of drug-likeness (QED) is 0.904. The van der Waals surface area contributed by atoms with Gasteiger partial charge in [0.05, 0.1) is 7.11 Å². The largest absolute Gasteiger partial charge is 0.496 e. The second kappa shape index (κ2) is 4.87. The van der Waals surface area contributed by atoms with E-state index in [1.54, 1.807) is 24.3 Å². The highest BCUT2D eigenvalue weighted by Crippen LogP contribution is 2.32. The molecule has 18 heavy (non-hydrogen) atoms. The van der Waals surface area contributed by atoms with Gasteiger partial charge in [0.15, 0.2) is 0 Å². The van der Waals surface area contributed by atoms with E-state index in [4.69, 9.17) is 4.74 Å². The lowest BCUT2D eigenvalue weighted by Gasteiger charge is -2.11. The van der Waals surface area contributed by atoms with Crippen molar-refractivity contribution < 1.29 is 19.0 Å². The van der Waals surface area contributed by atoms with Crippen LogP contribution in [-0.4, -0.2) is 18.2 Å². The molecule has 0 aliphatic carbocycles. The number of halogens is 1. The summed E-state index contributed by atoms with van der Waals surface area (Å²) >= 11 is 0. The molecule has 1 N–H and O–H groups in total. The van der Waals surface area contributed by atoms with Crippen molar-refractivity contribution in [1.29, 1.82) is 0 Å². The number of ether oxygens (including phenoxy) is 1. The van der Waals surface area contributed by atoms with E-state index in [0.29, 0.717) is 5.56 Å². The van der Waals surface area contributed by atoms with Gasteiger partial charge < -0.3 is 9.84 Å². The Bertz CT molecular complexity index is 593. The molecule has 0 fully saturated rings. The zero-order valence-corrected chi connectivity index (χ0v) is 9.68. The highest BCUT2D eigenvalue weighted by Gasteiger charge is 2.18. The molecule has 0 amide bonds. The maximum atomic E-state index is 13.7. The molecule has 0 heterocycles. The Kier molecular flexibility index (Phi) is 3.28. The van der Waals surface area contributed by atoms with E-state index in [2.05, 4.69) is 0 Å². The van der Waals surface area contributed by atoms with Crippen molar-refractivity contribution in [2.45, 2.75) is 0 Å². The van der Waals surface area contributed by atoms with Crippen LogP contribution in [0.1, 0.15) is 10.4 Å². The topological polar surface area (TPSA) is 46.5 Å². The number of aromatic carboxylic acids is 1. The van der Waals surface area contributed by atoms with Gasteiger partial charge in [0.25, 0.3) is 0 Å². The third-order valence-corrected chi connectivity index (χ3v) is 2.62. The molecule has 0 atom stereocenters. The molecule has 3 nitrogen and oxygen atoms in total. The molecule has 2 aromatic rings. The van der Waals surface area contributed by atoms with E-state index < -0.39 is 11.8 Å². The molecule has 2 aromatic carbocycles. The van der Waals surface area contributed by atoms with Crippen molar-refractivity contribution in [1.82, 2.24) is 0 Å². The molecular formula is C14H11FO3. The minimum Gasteiger partial charge on any atom is -0.496 e. The van der Waals surface area contributed by atoms with Crippen molar-refractivity contribution in [3.63, 3.8) is 0 Å². The van der Waals surface area contributed by atoms with Crippen LogP contribution < -0.4 is 4.74 Å². The molecule has 0 unspecified atom stereocenters. The number of carbonyl (C=O) groups is 1. The second-order valence-electron chi connectivity index (χ2n) is 3.67. The van der Waals surface area contributed by atoms with E-state index in [0.717, 1.165) is 0 Å². The van der Waals surface area contributed by atoms with Crippen LogP contribution >= 0.6 is 0 Å². The van der Waals surface area contributed by atoms with Gasteiger partial charge in [0.1, 0.15) is 17.1 Å². The lowest BCUT2D eigenvalue weighted by atomic mass is 9.98. The van der Waals surface area contributed by atoms with Gasteiger partial charge in [-0.3, -0.25) is 0 Å². The number of benzene rings is 2. The normalized spacial score (nSPS) is 10.1. The monoisotopic (exact) mass is 246 g/mol. The van der Waals surface area contributed by atoms with Crippen molar-refractivity contribution in [2.75, 3.05) is 7.11 Å². The van der Waals surface area contributed by atoms with Crippen LogP contribution in [0.3, 0.4) is 0 Å². The molecule has 0 saturated heterocycles. The van der Waals surface area contributed by atoms with Crippen LogP contribution in [0.15, 0.2) is 42.5 Å². The van der Waals surface area contributed by atoms with E-state index >= 15 is 0 Å². The molecule has 2 rings (SSSR count). The lowest BCUT2D eigenvalue weighted by molar-refractivity contribution is 0.0694. The Morgan fingerprint density at radius 3 is 2.39 bits per heavy atom. The Hall–Kier alpha value is -2.36. The van der Waals surface area contributed by atoms with Gasteiger partial charge in [-0.05, 0) is 12.1 Å². The molecule has 4 heteroatoms. The number of hydrogen-bond donors (Lipinski definition) is 1. The summed E-state index contributed by atoms with van der Waals surface area (Å²) in [5, 5.41) is 9.23. The first-order valence-corrected chi connectivity index (χ1v) is 5.30. The molecule has 0 radical (unpaired) electrons. The molecule has 92 valence electrons. The maximum Gasteiger partial charge on any atom is 0.340 e. The summed E-state index contributed by atoms with van der Waals surface area (Å²) in [6, 6.07) is 10.8. The summed E-state index contributed by atoms with van der Waals surface area (Å²) in [7, 11) is 1.38. The minimum absolute atomic E-state index is 0.0369. The average Bonchev–Trinajstić information content (AvgIpc) is 2.38. The van der Waals surface area contributed by atoms with Crippen LogP contribution in [0.4, 0.5) is 4.39 Å². The van der Waals surface area contributed by atoms with Gasteiger partial charge in [0.2, 0.25) is 0 Å². The van der Waals surface area contributed by atoms with Gasteiger partial charge >= 0.3 is 5.97 Å². The van der Waals surface area contributed by atoms with E-state index in [1.165, 1.54) is 25.3 Å². The summed E-state index contributed by atoms with van der Waals surface area (Å²) in [6.45, 7) is 0. The van der Waals surface area contributed by atoms with Gasteiger partial charge in [-0.1, -0.05) is 30.3 Å². The summed E-state index contributed by atoms with van der Waals surface area (Å²) in [6.07, 6.45) is 0. The van der Waals surface area contributed by atoms with Crippen LogP contribution in [0.25, 0.3) is 11.1 Å². The first kappa shape index (κ1) is 12.1. The predicted octanol–water partition coefficient (Wildman–Crippen LogP) is 3.20. The summed E-state index contributed by atoms with van der Waals surface area (Å²) in [5.74, 6) is -1.40. The van der Waals surface area contributed by atoms with Gasteiger partial charge in [-0.2, -0.15) is 0 Å². The van der Waals surface area contributed by atoms with Crippen LogP contribution in [0, 0.1) is 5.82 Å². The Morgan fingerprint density at radius 2 is 1.78 bits per heavy atom. The zero-order chi connectivity index (χ0) is 13.1. The molecule has 0 bridgehead atoms. The smallest absolute Gasteiger partial charge is 0.340 e. The lowest BCUT2D eigenvalue weighted by Crippen LogP contribution is -2.03. The number of carboxylic acids is 1. The van der Waals surface area contributed by atoms with Crippen molar-refractivity contribution in [3.05, 3.63) is 53.8 Å². The Morgan fingerprint density at radius 1 is 1.11 bits per heavy atom. The van der Waals surface area contributed by atoms with Crippen LogP contribution in [0.2, 0.25) is 0 Å². The van der Waals surface area contributed by atoms with Crippen LogP contribution in [-0.2, 0) is 0 Å². The Balaban J connectivity index is 2.72. The average molecular weight is 246 g/mol. The first-order chi connectivity index (χ1) is 8.65. The van der Waals surface area contributed by atoms with Crippen molar-refractivity contribution >= 4 is 5.97 Å². The van der Waals surface area contributed by atoms with Crippen molar-refractivity contribution in [3.8, 4) is 16.9 Å². The van der Waals surface area contributed by atoms with Gasteiger partial charge in [-0.25, -0.2) is 9.18 Å². The molecule has 0 aliphatic heterocycles. The fourth-order valence-electron chi connectivity index (χ4n) is 1.83. The van der Waals surface area contributed by atoms with E-state index in [1.807, 2.05) is 0 Å². The van der Waals surface area contributed by atoms with Crippen molar-refractivity contribution in [2.24, 2.45) is 0 Å². The minimum atomic E-state index is -1.15. The molecule has 0 aromatic heterocycles. The first-order valence-electron chi connectivity index (χ1n) is 5.30. The number of hydrogen-bond acceptors (Lipinski definition) is 2. The summed E-state index contributed by atoms with van der Waals surface area (Å²) < 4.78 is 18.7. The third kappa shape index (κ3) is 2.05. The van der Waals surface area contributed by atoms with Crippen LogP contribution in [0.5, 0.6) is 5.75 Å². The second-order valence-corrected chi connectivity index (χ2v) is 3.67. The zero-order valence-electron chi connectivity index (χ0n) is 9.68. The molecular weight excluding hydrogens is 235 g/mol. The predicted molar refractivity (Wildman–Crippen MR) is 65.3 cm³/mol. The summed E-state index contributed by atoms with van der Waals surface area (Å²) in [5.41, 5.74) is 0.513. The fraction of sp³-hybridized carbons (Fsp3) is 0.0714. The number of carboxylic acid groups (broad SMARTS) is 1. The van der Waals surface area contributed by atoms with E-state index in [9.17, 15) is 14.3 Å². The standard InChI is InChI=1S/C14H11FO3/c1-18-12-8-4-6-10(13(12)14(16)17)9-5-2-3-7-11(9)15/h2-8H,1H3,(H,16,17). The SMILES string of the molecule is COc1cccc(-c2ccccc2F)c1C(=O)O. The highest BCUT2D eigenvalue weighted by molar-refractivity contribution is 5.99. The molecule has 0 aliphatic rings. The van der Waals surface area contributed by atoms with Gasteiger partial charge in [0, 0.05) is 11.1 Å². The van der Waals surface area contributed by atoms with Gasteiger partial charge in [-0.15, -0.1) is 0 Å².